The summed E-state index contributed by atoms with van der Waals surface area (Å²) in [5.41, 5.74) is 8.58. The average Bonchev–Trinajstić information content (AvgIpc) is 3.05. The fourth-order valence-corrected chi connectivity index (χ4v) is 2.82. The molecule has 3 aromatic rings. The topological polar surface area (TPSA) is 77.8 Å². The maximum Gasteiger partial charge on any atom is 0.270 e. The zero-order chi connectivity index (χ0) is 14.1. The van der Waals surface area contributed by atoms with E-state index in [0.29, 0.717) is 18.3 Å². The predicted molar refractivity (Wildman–Crippen MR) is 78.2 cm³/mol. The number of nitrogens with zero attached hydrogens (tertiary/aromatic N) is 3. The lowest BCUT2D eigenvalue weighted by molar-refractivity contribution is 0.433. The van der Waals surface area contributed by atoms with E-state index < -0.39 is 0 Å². The summed E-state index contributed by atoms with van der Waals surface area (Å²) >= 11 is 1.49. The van der Waals surface area contributed by atoms with Crippen LogP contribution in [-0.4, -0.2) is 15.1 Å². The number of nitrogens with two attached hydrogens (primary N) is 1. The van der Waals surface area contributed by atoms with E-state index in [-0.39, 0.29) is 0 Å². The normalized spacial score (nSPS) is 10.9. The molecule has 0 saturated heterocycles. The van der Waals surface area contributed by atoms with Crippen LogP contribution < -0.4 is 5.73 Å². The zero-order valence-corrected chi connectivity index (χ0v) is 12.1. The molecule has 0 saturated carbocycles. The molecular formula is C14H14N4OS. The molecule has 0 spiro atoms. The van der Waals surface area contributed by atoms with Crippen molar-refractivity contribution >= 4 is 11.3 Å². The second-order valence-electron chi connectivity index (χ2n) is 4.52. The summed E-state index contributed by atoms with van der Waals surface area (Å²) in [5.74, 6) is 1.09. The molecule has 1 aromatic carbocycles. The van der Waals surface area contributed by atoms with Crippen LogP contribution in [0.2, 0.25) is 0 Å². The fourth-order valence-electron chi connectivity index (χ4n) is 1.96. The Morgan fingerprint density at radius 1 is 1.25 bits per heavy atom. The molecule has 0 bridgehead atoms. The molecule has 0 aliphatic rings. The third kappa shape index (κ3) is 2.35. The van der Waals surface area contributed by atoms with Crippen LogP contribution in [0.4, 0.5) is 0 Å². The van der Waals surface area contributed by atoms with Gasteiger partial charge in [-0.2, -0.15) is 4.98 Å². The standard InChI is InChI=1S/C14H14N4OS/c1-8-4-3-5-10(6-8)13-17-14(19-18-13)12-9(2)16-11(7-15)20-12/h3-6H,7,15H2,1-2H3. The van der Waals surface area contributed by atoms with Crippen molar-refractivity contribution in [3.63, 3.8) is 0 Å². The predicted octanol–water partition coefficient (Wildman–Crippen LogP) is 2.94. The summed E-state index contributed by atoms with van der Waals surface area (Å²) in [4.78, 5) is 9.71. The first-order valence-corrected chi connectivity index (χ1v) is 7.06. The van der Waals surface area contributed by atoms with Gasteiger partial charge in [0.25, 0.3) is 5.89 Å². The highest BCUT2D eigenvalue weighted by Crippen LogP contribution is 2.30. The third-order valence-electron chi connectivity index (χ3n) is 2.91. The highest BCUT2D eigenvalue weighted by molar-refractivity contribution is 7.15. The molecule has 0 fully saturated rings. The monoisotopic (exact) mass is 286 g/mol. The first-order chi connectivity index (χ1) is 9.67. The number of hydrogen-bond donors (Lipinski definition) is 1. The number of hydrogen-bond acceptors (Lipinski definition) is 6. The molecular weight excluding hydrogens is 272 g/mol. The molecule has 20 heavy (non-hydrogen) atoms. The van der Waals surface area contributed by atoms with Gasteiger partial charge in [-0.15, -0.1) is 11.3 Å². The van der Waals surface area contributed by atoms with Crippen molar-refractivity contribution in [2.75, 3.05) is 0 Å². The molecule has 0 aliphatic heterocycles. The molecule has 0 aliphatic carbocycles. The molecule has 0 radical (unpaired) electrons. The minimum absolute atomic E-state index is 0.421. The minimum Gasteiger partial charge on any atom is -0.333 e. The lowest BCUT2D eigenvalue weighted by Crippen LogP contribution is -1.94. The summed E-state index contributed by atoms with van der Waals surface area (Å²) in [7, 11) is 0. The number of thiazole rings is 1. The molecule has 2 heterocycles. The summed E-state index contributed by atoms with van der Waals surface area (Å²) in [5, 5.41) is 4.91. The van der Waals surface area contributed by atoms with E-state index in [1.54, 1.807) is 0 Å². The Morgan fingerprint density at radius 2 is 2.10 bits per heavy atom. The van der Waals surface area contributed by atoms with E-state index in [1.165, 1.54) is 11.3 Å². The molecule has 5 nitrogen and oxygen atoms in total. The molecule has 0 amide bonds. The van der Waals surface area contributed by atoms with Crippen molar-refractivity contribution in [3.05, 3.63) is 40.5 Å². The average molecular weight is 286 g/mol. The number of benzene rings is 1. The highest BCUT2D eigenvalue weighted by atomic mass is 32.1. The Bertz CT molecular complexity index is 747. The van der Waals surface area contributed by atoms with Gasteiger partial charge in [-0.1, -0.05) is 28.9 Å². The van der Waals surface area contributed by atoms with Crippen LogP contribution >= 0.6 is 11.3 Å². The van der Waals surface area contributed by atoms with Crippen LogP contribution in [0.5, 0.6) is 0 Å². The van der Waals surface area contributed by atoms with Gasteiger partial charge in [0.1, 0.15) is 9.88 Å². The number of aryl methyl sites for hydroxylation is 2. The lowest BCUT2D eigenvalue weighted by atomic mass is 10.1. The number of aromatic nitrogens is 3. The van der Waals surface area contributed by atoms with Gasteiger partial charge in [0.15, 0.2) is 0 Å². The number of rotatable bonds is 3. The van der Waals surface area contributed by atoms with Crippen LogP contribution in [0.1, 0.15) is 16.3 Å². The second-order valence-corrected chi connectivity index (χ2v) is 5.60. The van der Waals surface area contributed by atoms with E-state index in [0.717, 1.165) is 26.7 Å². The highest BCUT2D eigenvalue weighted by Gasteiger charge is 2.16. The third-order valence-corrected chi connectivity index (χ3v) is 4.08. The molecule has 0 atom stereocenters. The molecule has 2 aromatic heterocycles. The van der Waals surface area contributed by atoms with E-state index in [1.807, 2.05) is 38.1 Å². The van der Waals surface area contributed by atoms with Crippen molar-refractivity contribution < 1.29 is 4.52 Å². The van der Waals surface area contributed by atoms with Gasteiger partial charge >= 0.3 is 0 Å². The fraction of sp³-hybridized carbons (Fsp3) is 0.214. The minimum atomic E-state index is 0.421. The maximum absolute atomic E-state index is 5.60. The van der Waals surface area contributed by atoms with Gasteiger partial charge in [-0.3, -0.25) is 0 Å². The van der Waals surface area contributed by atoms with E-state index >= 15 is 0 Å². The summed E-state index contributed by atoms with van der Waals surface area (Å²) in [6.07, 6.45) is 0. The summed E-state index contributed by atoms with van der Waals surface area (Å²) < 4.78 is 5.35. The second kappa shape index (κ2) is 5.15. The Labute approximate surface area is 120 Å². The van der Waals surface area contributed by atoms with Gasteiger partial charge in [-0.25, -0.2) is 4.98 Å². The molecule has 3 rings (SSSR count). The van der Waals surface area contributed by atoms with Crippen molar-refractivity contribution in [2.24, 2.45) is 5.73 Å². The quantitative estimate of drug-likeness (QED) is 0.801. The first kappa shape index (κ1) is 13.0. The Kier molecular flexibility index (Phi) is 3.33. The first-order valence-electron chi connectivity index (χ1n) is 6.25. The Morgan fingerprint density at radius 3 is 2.80 bits per heavy atom. The van der Waals surface area contributed by atoms with Gasteiger partial charge in [0.2, 0.25) is 5.82 Å². The maximum atomic E-state index is 5.60. The van der Waals surface area contributed by atoms with Crippen molar-refractivity contribution in [3.8, 4) is 22.2 Å². The van der Waals surface area contributed by atoms with Gasteiger partial charge in [0, 0.05) is 12.1 Å². The summed E-state index contributed by atoms with van der Waals surface area (Å²) in [6, 6.07) is 8.00. The SMILES string of the molecule is Cc1cccc(-c2noc(-c3sc(CN)nc3C)n2)c1. The molecule has 2 N–H and O–H groups in total. The van der Waals surface area contributed by atoms with Gasteiger partial charge in [0.05, 0.1) is 5.69 Å². The van der Waals surface area contributed by atoms with Crippen LogP contribution in [0.25, 0.3) is 22.2 Å². The Balaban J connectivity index is 1.99. The smallest absolute Gasteiger partial charge is 0.270 e. The zero-order valence-electron chi connectivity index (χ0n) is 11.3. The van der Waals surface area contributed by atoms with Crippen molar-refractivity contribution in [2.45, 2.75) is 20.4 Å². The van der Waals surface area contributed by atoms with E-state index in [2.05, 4.69) is 15.1 Å². The van der Waals surface area contributed by atoms with Crippen LogP contribution in [0.3, 0.4) is 0 Å². The van der Waals surface area contributed by atoms with Gasteiger partial charge < -0.3 is 10.3 Å². The molecule has 102 valence electrons. The van der Waals surface area contributed by atoms with Crippen molar-refractivity contribution in [1.29, 1.82) is 0 Å². The lowest BCUT2D eigenvalue weighted by Gasteiger charge is -1.95. The van der Waals surface area contributed by atoms with Crippen LogP contribution in [-0.2, 0) is 6.54 Å². The van der Waals surface area contributed by atoms with Crippen LogP contribution in [0, 0.1) is 13.8 Å². The largest absolute Gasteiger partial charge is 0.333 e. The van der Waals surface area contributed by atoms with E-state index in [4.69, 9.17) is 10.3 Å². The molecule has 6 heteroatoms. The molecule has 0 unspecified atom stereocenters. The van der Waals surface area contributed by atoms with E-state index in [9.17, 15) is 0 Å². The summed E-state index contributed by atoms with van der Waals surface area (Å²) in [6.45, 7) is 4.37. The Hall–Kier alpha value is -2.05. The van der Waals surface area contributed by atoms with Gasteiger partial charge in [-0.05, 0) is 19.9 Å². The van der Waals surface area contributed by atoms with Crippen LogP contribution in [0.15, 0.2) is 28.8 Å². The van der Waals surface area contributed by atoms with Crippen molar-refractivity contribution in [1.82, 2.24) is 15.1 Å².